The van der Waals surface area contributed by atoms with Gasteiger partial charge in [-0.3, -0.25) is 9.59 Å². The number of rotatable bonds is 6. The Morgan fingerprint density at radius 3 is 2.00 bits per heavy atom. The van der Waals surface area contributed by atoms with Gasteiger partial charge in [0.2, 0.25) is 5.91 Å². The summed E-state index contributed by atoms with van der Waals surface area (Å²) in [6.07, 6.45) is 0.648. The molecule has 0 unspecified atom stereocenters. The van der Waals surface area contributed by atoms with Crippen LogP contribution >= 0.6 is 0 Å². The largest absolute Gasteiger partial charge is 0.451 e. The Labute approximate surface area is 201 Å². The van der Waals surface area contributed by atoms with Crippen molar-refractivity contribution in [1.29, 1.82) is 0 Å². The third-order valence-corrected chi connectivity index (χ3v) is 6.48. The highest BCUT2D eigenvalue weighted by molar-refractivity contribution is 5.96. The Balaban J connectivity index is 1.45. The van der Waals surface area contributed by atoms with Crippen molar-refractivity contribution in [2.24, 2.45) is 5.92 Å². The Kier molecular flexibility index (Phi) is 7.28. The second-order valence-corrected chi connectivity index (χ2v) is 8.78. The van der Waals surface area contributed by atoms with Gasteiger partial charge in [0.1, 0.15) is 11.8 Å². The number of halogens is 3. The molecule has 1 saturated carbocycles. The highest BCUT2D eigenvalue weighted by Crippen LogP contribution is 2.32. The van der Waals surface area contributed by atoms with Gasteiger partial charge in [0.15, 0.2) is 5.76 Å². The molecule has 0 spiro atoms. The topological polar surface area (TPSA) is 71.3 Å². The Morgan fingerprint density at radius 1 is 0.857 bits per heavy atom. The molecule has 0 aliphatic heterocycles. The maximum absolute atomic E-state index is 12.8. The van der Waals surface area contributed by atoms with E-state index < -0.39 is 23.7 Å². The fourth-order valence-electron chi connectivity index (χ4n) is 4.53. The van der Waals surface area contributed by atoms with Crippen molar-refractivity contribution in [2.75, 3.05) is 7.05 Å². The molecule has 184 valence electrons. The molecule has 8 heteroatoms. The van der Waals surface area contributed by atoms with Crippen LogP contribution in [0.3, 0.4) is 0 Å². The monoisotopic (exact) mass is 484 g/mol. The lowest BCUT2D eigenvalue weighted by Gasteiger charge is -2.29. The summed E-state index contributed by atoms with van der Waals surface area (Å²) >= 11 is 0. The summed E-state index contributed by atoms with van der Waals surface area (Å²) in [6, 6.07) is 14.7. The highest BCUT2D eigenvalue weighted by Gasteiger charge is 2.31. The first kappa shape index (κ1) is 24.6. The number of hydrogen-bond donors (Lipinski definition) is 2. The maximum Gasteiger partial charge on any atom is 0.416 e. The van der Waals surface area contributed by atoms with Crippen molar-refractivity contribution < 1.29 is 27.2 Å². The first-order chi connectivity index (χ1) is 16.8. The predicted octanol–water partition coefficient (Wildman–Crippen LogP) is 6.06. The van der Waals surface area contributed by atoms with Crippen LogP contribution in [-0.4, -0.2) is 24.9 Å². The van der Waals surface area contributed by atoms with Gasteiger partial charge in [-0.15, -0.1) is 0 Å². The lowest BCUT2D eigenvalue weighted by molar-refractivity contribution is -0.137. The quantitative estimate of drug-likeness (QED) is 0.447. The first-order valence-electron chi connectivity index (χ1n) is 11.7. The van der Waals surface area contributed by atoms with Gasteiger partial charge in [-0.1, -0.05) is 55.7 Å². The molecule has 1 atom stereocenters. The van der Waals surface area contributed by atoms with Gasteiger partial charge >= 0.3 is 6.18 Å². The van der Waals surface area contributed by atoms with Gasteiger partial charge in [0.05, 0.1) is 5.56 Å². The Hall–Kier alpha value is -3.55. The predicted molar refractivity (Wildman–Crippen MR) is 126 cm³/mol. The number of furan rings is 1. The first-order valence-corrected chi connectivity index (χ1v) is 11.7. The van der Waals surface area contributed by atoms with Gasteiger partial charge in [-0.05, 0) is 54.2 Å². The molecule has 5 nitrogen and oxygen atoms in total. The molecule has 0 bridgehead atoms. The molecule has 1 aliphatic rings. The van der Waals surface area contributed by atoms with E-state index in [1.54, 1.807) is 43.4 Å². The van der Waals surface area contributed by atoms with Crippen LogP contribution in [0.25, 0.3) is 22.5 Å². The van der Waals surface area contributed by atoms with Gasteiger partial charge in [0.25, 0.3) is 5.91 Å². The van der Waals surface area contributed by atoms with Crippen molar-refractivity contribution in [1.82, 2.24) is 10.6 Å². The minimum Gasteiger partial charge on any atom is -0.451 e. The summed E-state index contributed by atoms with van der Waals surface area (Å²) in [5.41, 5.74) is 1.44. The van der Waals surface area contributed by atoms with E-state index in [0.29, 0.717) is 11.3 Å². The maximum atomic E-state index is 12.8. The molecule has 2 N–H and O–H groups in total. The zero-order valence-electron chi connectivity index (χ0n) is 19.3. The van der Waals surface area contributed by atoms with Crippen LogP contribution in [0.15, 0.2) is 65.1 Å². The van der Waals surface area contributed by atoms with Crippen LogP contribution in [0.1, 0.15) is 48.2 Å². The zero-order chi connectivity index (χ0) is 25.0. The van der Waals surface area contributed by atoms with Crippen molar-refractivity contribution in [3.8, 4) is 22.5 Å². The third-order valence-electron chi connectivity index (χ3n) is 6.48. The molecule has 35 heavy (non-hydrogen) atoms. The van der Waals surface area contributed by atoms with E-state index in [0.717, 1.165) is 55.4 Å². The SMILES string of the molecule is CNC(=O)[C@@H](NC(=O)c1ccc(-c2ccc(-c3ccc(C(F)(F)F)cc3)cc2)o1)C1CCCCC1. The number of nitrogens with one attached hydrogen (secondary N) is 2. The van der Waals surface area contributed by atoms with E-state index in [1.807, 2.05) is 0 Å². The summed E-state index contributed by atoms with van der Waals surface area (Å²) in [5.74, 6) is 0.0207. The zero-order valence-corrected chi connectivity index (χ0v) is 19.3. The van der Waals surface area contributed by atoms with E-state index >= 15 is 0 Å². The summed E-state index contributed by atoms with van der Waals surface area (Å²) in [6.45, 7) is 0. The number of hydrogen-bond acceptors (Lipinski definition) is 3. The molecule has 0 radical (unpaired) electrons. The normalized spacial score (nSPS) is 15.4. The molecule has 4 rings (SSSR count). The molecule has 1 fully saturated rings. The second-order valence-electron chi connectivity index (χ2n) is 8.78. The second kappa shape index (κ2) is 10.4. The lowest BCUT2D eigenvalue weighted by atomic mass is 9.83. The molecule has 1 aromatic heterocycles. The van der Waals surface area contributed by atoms with Gasteiger partial charge in [-0.2, -0.15) is 13.2 Å². The number of carbonyl (C=O) groups is 2. The minimum absolute atomic E-state index is 0.0971. The fraction of sp³-hybridized carbons (Fsp3) is 0.333. The van der Waals surface area contributed by atoms with Gasteiger partial charge in [-0.25, -0.2) is 0 Å². The molecule has 3 aromatic rings. The van der Waals surface area contributed by atoms with E-state index in [1.165, 1.54) is 12.1 Å². The van der Waals surface area contributed by atoms with Crippen molar-refractivity contribution in [3.63, 3.8) is 0 Å². The number of likely N-dealkylation sites (N-methyl/N-ethyl adjacent to an activating group) is 1. The summed E-state index contributed by atoms with van der Waals surface area (Å²) in [5, 5.41) is 5.48. The highest BCUT2D eigenvalue weighted by atomic mass is 19.4. The molecular formula is C27H27F3N2O3. The number of alkyl halides is 3. The number of carbonyl (C=O) groups excluding carboxylic acids is 2. The van der Waals surface area contributed by atoms with Crippen LogP contribution in [0.4, 0.5) is 13.2 Å². The molecular weight excluding hydrogens is 457 g/mol. The molecule has 2 amide bonds. The van der Waals surface area contributed by atoms with E-state index in [2.05, 4.69) is 10.6 Å². The van der Waals surface area contributed by atoms with Crippen molar-refractivity contribution >= 4 is 11.8 Å². The van der Waals surface area contributed by atoms with Crippen LogP contribution in [0.5, 0.6) is 0 Å². The lowest BCUT2D eigenvalue weighted by Crippen LogP contribution is -2.50. The Bertz CT molecular complexity index is 1160. The van der Waals surface area contributed by atoms with Crippen LogP contribution < -0.4 is 10.6 Å². The van der Waals surface area contributed by atoms with Gasteiger partial charge in [0, 0.05) is 12.6 Å². The fourth-order valence-corrected chi connectivity index (χ4v) is 4.53. The smallest absolute Gasteiger partial charge is 0.416 e. The number of amides is 2. The van der Waals surface area contributed by atoms with Crippen LogP contribution in [0.2, 0.25) is 0 Å². The van der Waals surface area contributed by atoms with E-state index in [9.17, 15) is 22.8 Å². The molecule has 1 heterocycles. The van der Waals surface area contributed by atoms with Crippen LogP contribution in [-0.2, 0) is 11.0 Å². The minimum atomic E-state index is -4.37. The third kappa shape index (κ3) is 5.75. The Morgan fingerprint density at radius 2 is 1.43 bits per heavy atom. The van der Waals surface area contributed by atoms with Gasteiger partial charge < -0.3 is 15.1 Å². The average molecular weight is 485 g/mol. The summed E-state index contributed by atoms with van der Waals surface area (Å²) in [4.78, 5) is 25.2. The molecule has 1 aliphatic carbocycles. The van der Waals surface area contributed by atoms with Crippen molar-refractivity contribution in [3.05, 3.63) is 72.0 Å². The molecule has 0 saturated heterocycles. The average Bonchev–Trinajstić information content (AvgIpc) is 3.37. The molecule has 2 aromatic carbocycles. The number of benzene rings is 2. The van der Waals surface area contributed by atoms with Crippen molar-refractivity contribution in [2.45, 2.75) is 44.3 Å². The van der Waals surface area contributed by atoms with E-state index in [-0.39, 0.29) is 17.6 Å². The summed E-state index contributed by atoms with van der Waals surface area (Å²) < 4.78 is 44.1. The summed E-state index contributed by atoms with van der Waals surface area (Å²) in [7, 11) is 1.56. The van der Waals surface area contributed by atoms with Crippen LogP contribution in [0, 0.1) is 5.92 Å². The van der Waals surface area contributed by atoms with E-state index in [4.69, 9.17) is 4.42 Å². The standard InChI is InChI=1S/C27H27F3N2O3/c1-31-26(34)24(20-5-3-2-4-6-20)32-25(33)23-16-15-22(35-23)19-9-7-17(8-10-19)18-11-13-21(14-12-18)27(28,29)30/h7-16,20,24H,2-6H2,1H3,(H,31,34)(H,32,33)/t24-/m0/s1.